The van der Waals surface area contributed by atoms with Crippen LogP contribution in [0.25, 0.3) is 0 Å². The molecule has 0 heterocycles. The Kier molecular flexibility index (Phi) is 9.74. The first-order chi connectivity index (χ1) is 5.38. The van der Waals surface area contributed by atoms with Gasteiger partial charge >= 0.3 is 0 Å². The molecule has 3 N–H and O–H groups in total. The largest absolute Gasteiger partial charge is 0.329 e. The van der Waals surface area contributed by atoms with Crippen LogP contribution < -0.4 is 11.1 Å². The lowest BCUT2D eigenvalue weighted by Gasteiger charge is -2.13. The summed E-state index contributed by atoms with van der Waals surface area (Å²) in [7, 11) is 1.92. The van der Waals surface area contributed by atoms with Crippen LogP contribution in [-0.4, -0.2) is 13.6 Å². The van der Waals surface area contributed by atoms with E-state index in [-0.39, 0.29) is 30.9 Å². The first-order valence-electron chi connectivity index (χ1n) is 3.80. The highest BCUT2D eigenvalue weighted by molar-refractivity contribution is 5.85. The van der Waals surface area contributed by atoms with E-state index in [1.165, 1.54) is 5.56 Å². The van der Waals surface area contributed by atoms with Crippen LogP contribution in [0.15, 0.2) is 30.3 Å². The fourth-order valence-corrected chi connectivity index (χ4v) is 1.11. The van der Waals surface area contributed by atoms with Crippen molar-refractivity contribution in [2.24, 2.45) is 5.73 Å². The third-order valence-corrected chi connectivity index (χ3v) is 1.79. The molecule has 0 aromatic heterocycles. The van der Waals surface area contributed by atoms with Gasteiger partial charge in [-0.1, -0.05) is 30.3 Å². The number of halogens is 2. The van der Waals surface area contributed by atoms with E-state index in [1.54, 1.807) is 0 Å². The van der Waals surface area contributed by atoms with Crippen molar-refractivity contribution in [1.29, 1.82) is 0 Å². The molecule has 0 saturated heterocycles. The lowest BCUT2D eigenvalue weighted by Crippen LogP contribution is -2.24. The van der Waals surface area contributed by atoms with E-state index in [0.717, 1.165) is 0 Å². The van der Waals surface area contributed by atoms with Crippen molar-refractivity contribution in [3.63, 3.8) is 0 Å². The zero-order valence-corrected chi connectivity index (χ0v) is 9.20. The summed E-state index contributed by atoms with van der Waals surface area (Å²) in [6.07, 6.45) is 0. The van der Waals surface area contributed by atoms with Crippen LogP contribution in [0.1, 0.15) is 11.6 Å². The van der Waals surface area contributed by atoms with Crippen LogP contribution in [0, 0.1) is 0 Å². The van der Waals surface area contributed by atoms with Gasteiger partial charge in [0.1, 0.15) is 0 Å². The number of nitrogens with two attached hydrogens (primary N) is 1. The van der Waals surface area contributed by atoms with Gasteiger partial charge < -0.3 is 11.1 Å². The second-order valence-corrected chi connectivity index (χ2v) is 2.49. The molecule has 0 amide bonds. The van der Waals surface area contributed by atoms with Gasteiger partial charge in [0.2, 0.25) is 0 Å². The highest BCUT2D eigenvalue weighted by Gasteiger charge is 2.03. The molecule has 1 unspecified atom stereocenters. The number of rotatable bonds is 3. The van der Waals surface area contributed by atoms with Gasteiger partial charge in [0, 0.05) is 12.6 Å². The minimum Gasteiger partial charge on any atom is -0.329 e. The summed E-state index contributed by atoms with van der Waals surface area (Å²) in [5, 5.41) is 3.14. The molecular weight excluding hydrogens is 207 g/mol. The normalized spacial score (nSPS) is 10.9. The lowest BCUT2D eigenvalue weighted by atomic mass is 10.1. The number of hydrogen-bond acceptors (Lipinski definition) is 2. The Labute approximate surface area is 91.7 Å². The van der Waals surface area contributed by atoms with E-state index in [0.29, 0.717) is 6.54 Å². The van der Waals surface area contributed by atoms with Gasteiger partial charge in [0.25, 0.3) is 0 Å². The van der Waals surface area contributed by atoms with Crippen molar-refractivity contribution < 1.29 is 0 Å². The summed E-state index contributed by atoms with van der Waals surface area (Å²) in [5.74, 6) is 0. The van der Waals surface area contributed by atoms with Crippen LogP contribution in [0.3, 0.4) is 0 Å². The third kappa shape index (κ3) is 4.48. The molecule has 0 radical (unpaired) electrons. The van der Waals surface area contributed by atoms with Crippen LogP contribution in [0.2, 0.25) is 0 Å². The maximum atomic E-state index is 5.55. The summed E-state index contributed by atoms with van der Waals surface area (Å²) in [6.45, 7) is 0.639. The smallest absolute Gasteiger partial charge is 0.0442 e. The van der Waals surface area contributed by atoms with E-state index in [9.17, 15) is 0 Å². The zero-order chi connectivity index (χ0) is 8.10. The summed E-state index contributed by atoms with van der Waals surface area (Å²) in [4.78, 5) is 0. The topological polar surface area (TPSA) is 38.0 Å². The summed E-state index contributed by atoms with van der Waals surface area (Å²) < 4.78 is 0. The predicted octanol–water partition coefficient (Wildman–Crippen LogP) is 1.75. The van der Waals surface area contributed by atoms with E-state index >= 15 is 0 Å². The molecule has 0 saturated carbocycles. The van der Waals surface area contributed by atoms with Crippen LogP contribution in [-0.2, 0) is 0 Å². The fourth-order valence-electron chi connectivity index (χ4n) is 1.11. The molecule has 0 aliphatic carbocycles. The van der Waals surface area contributed by atoms with Crippen LogP contribution in [0.4, 0.5) is 0 Å². The third-order valence-electron chi connectivity index (χ3n) is 1.79. The number of likely N-dealkylation sites (N-methyl/N-ethyl adjacent to an activating group) is 1. The molecule has 0 spiro atoms. The molecule has 1 aromatic carbocycles. The van der Waals surface area contributed by atoms with E-state index in [2.05, 4.69) is 17.4 Å². The average Bonchev–Trinajstić information content (AvgIpc) is 2.09. The Hall–Kier alpha value is -0.280. The average molecular weight is 223 g/mol. The van der Waals surface area contributed by atoms with E-state index < -0.39 is 0 Å². The molecular formula is C9H16Cl2N2. The van der Waals surface area contributed by atoms with Gasteiger partial charge in [-0.2, -0.15) is 0 Å². The van der Waals surface area contributed by atoms with Crippen molar-refractivity contribution in [2.75, 3.05) is 13.6 Å². The molecule has 0 bridgehead atoms. The fraction of sp³-hybridized carbons (Fsp3) is 0.333. The summed E-state index contributed by atoms with van der Waals surface area (Å²) >= 11 is 0. The molecule has 2 nitrogen and oxygen atoms in total. The number of benzene rings is 1. The quantitative estimate of drug-likeness (QED) is 0.819. The van der Waals surface area contributed by atoms with Crippen LogP contribution >= 0.6 is 24.8 Å². The maximum Gasteiger partial charge on any atom is 0.0442 e. The number of nitrogens with one attached hydrogen (secondary N) is 1. The molecule has 13 heavy (non-hydrogen) atoms. The van der Waals surface area contributed by atoms with Gasteiger partial charge in [-0.3, -0.25) is 0 Å². The maximum absolute atomic E-state index is 5.55. The van der Waals surface area contributed by atoms with Crippen molar-refractivity contribution in [2.45, 2.75) is 6.04 Å². The molecule has 1 aromatic rings. The Morgan fingerprint density at radius 2 is 1.77 bits per heavy atom. The van der Waals surface area contributed by atoms with Gasteiger partial charge in [0.15, 0.2) is 0 Å². The van der Waals surface area contributed by atoms with E-state index in [4.69, 9.17) is 5.73 Å². The SMILES string of the molecule is CNC(CN)c1ccccc1.Cl.Cl. The Balaban J connectivity index is 0. The molecule has 1 atom stereocenters. The van der Waals surface area contributed by atoms with Gasteiger partial charge in [-0.15, -0.1) is 24.8 Å². The predicted molar refractivity (Wildman–Crippen MR) is 61.8 cm³/mol. The van der Waals surface area contributed by atoms with Gasteiger partial charge in [-0.25, -0.2) is 0 Å². The zero-order valence-electron chi connectivity index (χ0n) is 7.57. The first-order valence-corrected chi connectivity index (χ1v) is 3.80. The summed E-state index contributed by atoms with van der Waals surface area (Å²) in [6, 6.07) is 10.5. The summed E-state index contributed by atoms with van der Waals surface area (Å²) in [5.41, 5.74) is 6.80. The van der Waals surface area contributed by atoms with Gasteiger partial charge in [0.05, 0.1) is 0 Å². The molecule has 0 aliphatic rings. The van der Waals surface area contributed by atoms with Crippen molar-refractivity contribution in [3.05, 3.63) is 35.9 Å². The highest BCUT2D eigenvalue weighted by atomic mass is 35.5. The second kappa shape index (κ2) is 8.32. The Morgan fingerprint density at radius 3 is 2.15 bits per heavy atom. The lowest BCUT2D eigenvalue weighted by molar-refractivity contribution is 0.606. The minimum absolute atomic E-state index is 0. The first kappa shape index (κ1) is 15.2. The Morgan fingerprint density at radius 1 is 1.23 bits per heavy atom. The number of hydrogen-bond donors (Lipinski definition) is 2. The molecule has 0 aliphatic heterocycles. The highest BCUT2D eigenvalue weighted by Crippen LogP contribution is 2.08. The molecule has 4 heteroatoms. The molecule has 1 rings (SSSR count). The second-order valence-electron chi connectivity index (χ2n) is 2.49. The van der Waals surface area contributed by atoms with Crippen molar-refractivity contribution in [3.8, 4) is 0 Å². The molecule has 76 valence electrons. The van der Waals surface area contributed by atoms with Gasteiger partial charge in [-0.05, 0) is 12.6 Å². The van der Waals surface area contributed by atoms with Crippen LogP contribution in [0.5, 0.6) is 0 Å². The van der Waals surface area contributed by atoms with Crippen molar-refractivity contribution in [1.82, 2.24) is 5.32 Å². The molecule has 0 fully saturated rings. The monoisotopic (exact) mass is 222 g/mol. The van der Waals surface area contributed by atoms with Crippen molar-refractivity contribution >= 4 is 24.8 Å². The van der Waals surface area contributed by atoms with E-state index in [1.807, 2.05) is 25.2 Å². The standard InChI is InChI=1S/C9H14N2.2ClH/c1-11-9(7-10)8-5-3-2-4-6-8;;/h2-6,9,11H,7,10H2,1H3;2*1H. The minimum atomic E-state index is 0. The Bertz CT molecular complexity index is 200.